The first-order valence-electron chi connectivity index (χ1n) is 18.4. The third-order valence-electron chi connectivity index (χ3n) is 8.52. The molecule has 0 aliphatic heterocycles. The molecular weight excluding hydrogens is 500 g/mol. The largest absolute Gasteiger partial charge is 0.352 e. The van der Waals surface area contributed by atoms with Gasteiger partial charge in [0.2, 0.25) is 5.91 Å². The van der Waals surface area contributed by atoms with Gasteiger partial charge in [0.25, 0.3) is 0 Å². The molecule has 3 unspecified atom stereocenters. The quantitative estimate of drug-likeness (QED) is 0.0638. The number of carbonyl (C=O) groups excluding carboxylic acids is 1. The van der Waals surface area contributed by atoms with Gasteiger partial charge >= 0.3 is 0 Å². The lowest BCUT2D eigenvalue weighted by Gasteiger charge is -2.30. The fourth-order valence-electron chi connectivity index (χ4n) is 5.73. The van der Waals surface area contributed by atoms with Crippen molar-refractivity contribution < 1.29 is 4.79 Å². The zero-order valence-electron chi connectivity index (χ0n) is 28.6. The van der Waals surface area contributed by atoms with Crippen molar-refractivity contribution in [2.45, 2.75) is 213 Å². The van der Waals surface area contributed by atoms with Crippen molar-refractivity contribution in [1.29, 1.82) is 0 Å². The zero-order valence-corrected chi connectivity index (χ0v) is 28.6. The number of allylic oxidation sites excluding steroid dienone is 4. The molecule has 0 spiro atoms. The van der Waals surface area contributed by atoms with Crippen molar-refractivity contribution in [3.8, 4) is 0 Å². The predicted octanol–water partition coefficient (Wildman–Crippen LogP) is 11.8. The first kappa shape index (κ1) is 39.9. The molecule has 0 saturated carbocycles. The van der Waals surface area contributed by atoms with Gasteiger partial charge in [-0.1, -0.05) is 129 Å². The summed E-state index contributed by atoms with van der Waals surface area (Å²) in [5, 5.41) is 7.22. The Balaban J connectivity index is 3.89. The maximum atomic E-state index is 12.7. The molecule has 0 heterocycles. The van der Waals surface area contributed by atoms with Crippen LogP contribution in [-0.2, 0) is 4.79 Å². The van der Waals surface area contributed by atoms with Gasteiger partial charge in [0, 0.05) is 24.5 Å². The monoisotopic (exact) mass is 575 g/mol. The Morgan fingerprint density at radius 2 is 0.951 bits per heavy atom. The topological polar surface area (TPSA) is 41.1 Å². The van der Waals surface area contributed by atoms with E-state index in [4.69, 9.17) is 0 Å². The fraction of sp³-hybridized carbons (Fsp3) is 0.868. The van der Waals surface area contributed by atoms with Gasteiger partial charge in [-0.05, 0) is 84.0 Å². The molecular formula is C38H74N2O. The fourth-order valence-corrected chi connectivity index (χ4v) is 5.73. The van der Waals surface area contributed by atoms with Crippen LogP contribution in [0, 0.1) is 0 Å². The Labute approximate surface area is 258 Å². The standard InChI is InChI=1S/C38H74N2O/c1-6-10-12-14-16-18-20-22-23-25-27-29-31-33-35(5)39-36(8-3)37(9-4)40-38(41)34-32-30-28-26-24-21-19-17-15-13-11-7-2/h17-20,35-37,39H,6-16,21-34H2,1-5H3,(H,40,41). The Kier molecular flexibility index (Phi) is 31.0. The minimum absolute atomic E-state index is 0.235. The van der Waals surface area contributed by atoms with Crippen LogP contribution in [0.3, 0.4) is 0 Å². The van der Waals surface area contributed by atoms with Gasteiger partial charge in [0.05, 0.1) is 0 Å². The van der Waals surface area contributed by atoms with Crippen LogP contribution in [0.2, 0.25) is 0 Å². The zero-order chi connectivity index (χ0) is 30.2. The van der Waals surface area contributed by atoms with Crippen LogP contribution in [0.1, 0.15) is 195 Å². The van der Waals surface area contributed by atoms with Crippen molar-refractivity contribution in [2.24, 2.45) is 0 Å². The highest BCUT2D eigenvalue weighted by molar-refractivity contribution is 5.76. The molecule has 41 heavy (non-hydrogen) atoms. The maximum absolute atomic E-state index is 12.7. The molecule has 0 radical (unpaired) electrons. The Bertz CT molecular complexity index is 599. The number of rotatable bonds is 31. The summed E-state index contributed by atoms with van der Waals surface area (Å²) in [5.74, 6) is 0.242. The molecule has 0 aromatic heterocycles. The number of amides is 1. The third-order valence-corrected chi connectivity index (χ3v) is 8.52. The Hall–Kier alpha value is -1.09. The van der Waals surface area contributed by atoms with Crippen LogP contribution < -0.4 is 10.6 Å². The molecule has 0 rings (SSSR count). The van der Waals surface area contributed by atoms with Gasteiger partial charge in [-0.25, -0.2) is 0 Å². The highest BCUT2D eigenvalue weighted by Gasteiger charge is 2.21. The highest BCUT2D eigenvalue weighted by atomic mass is 16.1. The summed E-state index contributed by atoms with van der Waals surface area (Å²) in [7, 11) is 0. The summed E-state index contributed by atoms with van der Waals surface area (Å²) in [6.45, 7) is 11.3. The van der Waals surface area contributed by atoms with E-state index in [2.05, 4.69) is 69.6 Å². The molecule has 0 fully saturated rings. The highest BCUT2D eigenvalue weighted by Crippen LogP contribution is 2.13. The molecule has 0 saturated heterocycles. The van der Waals surface area contributed by atoms with Crippen molar-refractivity contribution in [3.63, 3.8) is 0 Å². The van der Waals surface area contributed by atoms with E-state index in [-0.39, 0.29) is 11.9 Å². The smallest absolute Gasteiger partial charge is 0.220 e. The third kappa shape index (κ3) is 27.5. The van der Waals surface area contributed by atoms with Gasteiger partial charge in [0.1, 0.15) is 0 Å². The molecule has 0 aromatic carbocycles. The van der Waals surface area contributed by atoms with E-state index in [0.717, 1.165) is 19.3 Å². The summed E-state index contributed by atoms with van der Waals surface area (Å²) in [4.78, 5) is 12.7. The van der Waals surface area contributed by atoms with Gasteiger partial charge in [-0.2, -0.15) is 0 Å². The molecule has 3 heteroatoms. The van der Waals surface area contributed by atoms with Crippen molar-refractivity contribution in [3.05, 3.63) is 24.3 Å². The van der Waals surface area contributed by atoms with Crippen molar-refractivity contribution >= 4 is 5.91 Å². The van der Waals surface area contributed by atoms with Crippen molar-refractivity contribution in [2.75, 3.05) is 0 Å². The summed E-state index contributed by atoms with van der Waals surface area (Å²) in [5.41, 5.74) is 0. The lowest BCUT2D eigenvalue weighted by Crippen LogP contribution is -2.51. The van der Waals surface area contributed by atoms with E-state index in [1.54, 1.807) is 0 Å². The molecule has 1 amide bonds. The number of unbranched alkanes of at least 4 members (excludes halogenated alkanes) is 17. The van der Waals surface area contributed by atoms with Gasteiger partial charge in [-0.15, -0.1) is 0 Å². The first-order valence-corrected chi connectivity index (χ1v) is 18.4. The summed E-state index contributed by atoms with van der Waals surface area (Å²) in [6.07, 6.45) is 40.6. The molecule has 0 aliphatic carbocycles. The SMILES string of the molecule is CCCCCC=CCCCCCCCC(=O)NC(CC)C(CC)NC(C)CCCCCCCC=CCCCCCC. The molecule has 0 bridgehead atoms. The number of carbonyl (C=O) groups is 1. The van der Waals surface area contributed by atoms with Crippen LogP contribution in [0.25, 0.3) is 0 Å². The lowest BCUT2D eigenvalue weighted by atomic mass is 9.99. The number of nitrogens with one attached hydrogen (secondary N) is 2. The second kappa shape index (κ2) is 31.8. The van der Waals surface area contributed by atoms with E-state index in [1.165, 1.54) is 135 Å². The number of hydrogen-bond donors (Lipinski definition) is 2. The van der Waals surface area contributed by atoms with E-state index in [9.17, 15) is 4.79 Å². The second-order valence-electron chi connectivity index (χ2n) is 12.6. The molecule has 2 N–H and O–H groups in total. The van der Waals surface area contributed by atoms with Crippen LogP contribution in [-0.4, -0.2) is 24.0 Å². The summed E-state index contributed by atoms with van der Waals surface area (Å²) >= 11 is 0. The van der Waals surface area contributed by atoms with E-state index in [0.29, 0.717) is 18.5 Å². The second-order valence-corrected chi connectivity index (χ2v) is 12.6. The first-order chi connectivity index (χ1) is 20.1. The van der Waals surface area contributed by atoms with Crippen molar-refractivity contribution in [1.82, 2.24) is 10.6 Å². The molecule has 242 valence electrons. The van der Waals surface area contributed by atoms with Gasteiger partial charge < -0.3 is 10.6 Å². The Morgan fingerprint density at radius 1 is 0.537 bits per heavy atom. The van der Waals surface area contributed by atoms with Crippen LogP contribution >= 0.6 is 0 Å². The lowest BCUT2D eigenvalue weighted by molar-refractivity contribution is -0.122. The molecule has 0 aromatic rings. The van der Waals surface area contributed by atoms with Crippen LogP contribution in [0.15, 0.2) is 24.3 Å². The van der Waals surface area contributed by atoms with Crippen LogP contribution in [0.5, 0.6) is 0 Å². The normalized spacial score (nSPS) is 14.2. The average molecular weight is 575 g/mol. The molecule has 3 nitrogen and oxygen atoms in total. The summed E-state index contributed by atoms with van der Waals surface area (Å²) in [6, 6.07) is 1.11. The van der Waals surface area contributed by atoms with Gasteiger partial charge in [0.15, 0.2) is 0 Å². The van der Waals surface area contributed by atoms with E-state index >= 15 is 0 Å². The Morgan fingerprint density at radius 3 is 1.46 bits per heavy atom. The molecule has 3 atom stereocenters. The van der Waals surface area contributed by atoms with Crippen LogP contribution in [0.4, 0.5) is 0 Å². The predicted molar refractivity (Wildman–Crippen MR) is 185 cm³/mol. The summed E-state index contributed by atoms with van der Waals surface area (Å²) < 4.78 is 0. The average Bonchev–Trinajstić information content (AvgIpc) is 2.97. The number of hydrogen-bond acceptors (Lipinski definition) is 2. The van der Waals surface area contributed by atoms with E-state index < -0.39 is 0 Å². The van der Waals surface area contributed by atoms with Gasteiger partial charge in [-0.3, -0.25) is 4.79 Å². The maximum Gasteiger partial charge on any atom is 0.220 e. The minimum atomic E-state index is 0.235. The minimum Gasteiger partial charge on any atom is -0.352 e. The van der Waals surface area contributed by atoms with E-state index in [1.807, 2.05) is 0 Å². The molecule has 0 aliphatic rings.